The third-order valence-electron chi connectivity index (χ3n) is 4.30. The molecule has 0 aromatic heterocycles. The van der Waals surface area contributed by atoms with Gasteiger partial charge in [-0.05, 0) is 43.7 Å². The molecule has 0 radical (unpaired) electrons. The number of ether oxygens (including phenoxy) is 1. The Bertz CT molecular complexity index is 897. The van der Waals surface area contributed by atoms with E-state index in [2.05, 4.69) is 11.2 Å². The van der Waals surface area contributed by atoms with E-state index in [0.717, 1.165) is 24.3 Å². The van der Waals surface area contributed by atoms with Crippen molar-refractivity contribution in [2.45, 2.75) is 50.7 Å². The number of benzene rings is 1. The van der Waals surface area contributed by atoms with Gasteiger partial charge in [0.05, 0.1) is 23.6 Å². The number of nitrogens with two attached hydrogens (primary N) is 2. The first-order chi connectivity index (χ1) is 15.1. The molecule has 0 unspecified atom stereocenters. The van der Waals surface area contributed by atoms with Crippen LogP contribution in [0.5, 0.6) is 0 Å². The summed E-state index contributed by atoms with van der Waals surface area (Å²) in [5.41, 5.74) is 10.3. The van der Waals surface area contributed by atoms with Gasteiger partial charge in [-0.2, -0.15) is 18.4 Å². The summed E-state index contributed by atoms with van der Waals surface area (Å²) < 4.78 is 43.2. The SMILES string of the molecule is C#CCCC(OC(=O)[C@@H](N)CCCCN)=C(C#N)CC(=O)Nc1ccc(C(F)(F)F)cc1. The predicted molar refractivity (Wildman–Crippen MR) is 112 cm³/mol. The number of anilines is 1. The van der Waals surface area contributed by atoms with E-state index in [0.29, 0.717) is 25.8 Å². The first-order valence-corrected chi connectivity index (χ1v) is 9.82. The first kappa shape index (κ1) is 26.7. The van der Waals surface area contributed by atoms with Gasteiger partial charge in [-0.1, -0.05) is 6.42 Å². The van der Waals surface area contributed by atoms with Crippen LogP contribution in [0.25, 0.3) is 0 Å². The molecule has 172 valence electrons. The van der Waals surface area contributed by atoms with Gasteiger partial charge in [0.15, 0.2) is 0 Å². The minimum Gasteiger partial charge on any atom is -0.429 e. The molecule has 1 aromatic rings. The summed E-state index contributed by atoms with van der Waals surface area (Å²) in [6.07, 6.45) is 2.12. The van der Waals surface area contributed by atoms with Crippen molar-refractivity contribution in [3.63, 3.8) is 0 Å². The molecular formula is C22H25F3N4O3. The molecule has 0 aliphatic rings. The number of alkyl halides is 3. The Morgan fingerprint density at radius 1 is 1.22 bits per heavy atom. The van der Waals surface area contributed by atoms with E-state index >= 15 is 0 Å². The number of carbonyl (C=O) groups is 2. The molecule has 1 atom stereocenters. The number of rotatable bonds is 11. The van der Waals surface area contributed by atoms with Gasteiger partial charge in [0.1, 0.15) is 11.8 Å². The second-order valence-corrected chi connectivity index (χ2v) is 6.83. The lowest BCUT2D eigenvalue weighted by Crippen LogP contribution is -2.32. The molecule has 0 aliphatic carbocycles. The standard InChI is InChI=1S/C22H25F3N4O3/c1-2-3-7-19(32-21(31)18(28)6-4-5-12-26)15(14-27)13-20(30)29-17-10-8-16(9-11-17)22(23,24)25/h1,8-11,18H,3-7,12-13,26,28H2,(H,29,30)/t18-/m0/s1. The molecule has 1 rings (SSSR count). The van der Waals surface area contributed by atoms with Gasteiger partial charge in [0, 0.05) is 18.5 Å². The van der Waals surface area contributed by atoms with E-state index in [1.807, 2.05) is 6.07 Å². The number of carbonyl (C=O) groups excluding carboxylic acids is 2. The van der Waals surface area contributed by atoms with E-state index in [1.165, 1.54) is 0 Å². The molecule has 0 aliphatic heterocycles. The van der Waals surface area contributed by atoms with Crippen molar-refractivity contribution in [1.29, 1.82) is 5.26 Å². The number of nitriles is 1. The van der Waals surface area contributed by atoms with Gasteiger partial charge >= 0.3 is 12.1 Å². The quantitative estimate of drug-likeness (QED) is 0.156. The van der Waals surface area contributed by atoms with Gasteiger partial charge in [-0.25, -0.2) is 4.79 Å². The Morgan fingerprint density at radius 3 is 2.41 bits per heavy atom. The molecule has 0 spiro atoms. The van der Waals surface area contributed by atoms with Crippen molar-refractivity contribution in [2.24, 2.45) is 11.5 Å². The number of amides is 1. The number of allylic oxidation sites excluding steroid dienone is 1. The molecule has 0 saturated carbocycles. The summed E-state index contributed by atoms with van der Waals surface area (Å²) in [6, 6.07) is 4.72. The molecule has 0 heterocycles. The van der Waals surface area contributed by atoms with Crippen LogP contribution in [0.3, 0.4) is 0 Å². The van der Waals surface area contributed by atoms with Crippen LogP contribution in [0.4, 0.5) is 18.9 Å². The monoisotopic (exact) mass is 450 g/mol. The Morgan fingerprint density at radius 2 is 1.88 bits per heavy atom. The second-order valence-electron chi connectivity index (χ2n) is 6.83. The number of nitrogens with zero attached hydrogens (tertiary/aromatic N) is 1. The predicted octanol–water partition coefficient (Wildman–Crippen LogP) is 3.22. The normalized spacial score (nSPS) is 12.7. The zero-order valence-electron chi connectivity index (χ0n) is 17.4. The number of nitrogens with one attached hydrogen (secondary N) is 1. The van der Waals surface area contributed by atoms with Crippen molar-refractivity contribution in [1.82, 2.24) is 0 Å². The lowest BCUT2D eigenvalue weighted by Gasteiger charge is -2.15. The lowest BCUT2D eigenvalue weighted by molar-refractivity contribution is -0.141. The number of halogens is 3. The van der Waals surface area contributed by atoms with E-state index < -0.39 is 36.1 Å². The third kappa shape index (κ3) is 9.21. The molecule has 7 nitrogen and oxygen atoms in total. The van der Waals surface area contributed by atoms with Crippen molar-refractivity contribution in [3.8, 4) is 18.4 Å². The van der Waals surface area contributed by atoms with Gasteiger partial charge in [-0.15, -0.1) is 12.3 Å². The lowest BCUT2D eigenvalue weighted by atomic mass is 10.1. The highest BCUT2D eigenvalue weighted by Crippen LogP contribution is 2.30. The van der Waals surface area contributed by atoms with Crippen LogP contribution >= 0.6 is 0 Å². The summed E-state index contributed by atoms with van der Waals surface area (Å²) in [4.78, 5) is 24.6. The highest BCUT2D eigenvalue weighted by atomic mass is 19.4. The molecule has 1 amide bonds. The number of terminal acetylenes is 1. The fourth-order valence-electron chi connectivity index (χ4n) is 2.58. The summed E-state index contributed by atoms with van der Waals surface area (Å²) in [5.74, 6) is 0.860. The van der Waals surface area contributed by atoms with Crippen molar-refractivity contribution in [2.75, 3.05) is 11.9 Å². The van der Waals surface area contributed by atoms with Crippen LogP contribution in [0.15, 0.2) is 35.6 Å². The summed E-state index contributed by atoms with van der Waals surface area (Å²) in [7, 11) is 0. The average Bonchev–Trinajstić information content (AvgIpc) is 2.74. The Kier molecular flexibility index (Phi) is 11.0. The van der Waals surface area contributed by atoms with E-state index in [4.69, 9.17) is 22.6 Å². The van der Waals surface area contributed by atoms with Crippen molar-refractivity contribution >= 4 is 17.6 Å². The molecule has 0 saturated heterocycles. The maximum absolute atomic E-state index is 12.6. The fraction of sp³-hybridized carbons (Fsp3) is 0.409. The maximum atomic E-state index is 12.6. The number of esters is 1. The van der Waals surface area contributed by atoms with Gasteiger partial charge in [-0.3, -0.25) is 4.79 Å². The van der Waals surface area contributed by atoms with E-state index in [-0.39, 0.29) is 29.9 Å². The van der Waals surface area contributed by atoms with E-state index in [1.54, 1.807) is 0 Å². The summed E-state index contributed by atoms with van der Waals surface area (Å²) in [6.45, 7) is 0.460. The number of hydrogen-bond acceptors (Lipinski definition) is 6. The Balaban J connectivity index is 2.90. The highest BCUT2D eigenvalue weighted by Gasteiger charge is 2.30. The average molecular weight is 450 g/mol. The minimum atomic E-state index is -4.50. The Labute approximate surface area is 184 Å². The van der Waals surface area contributed by atoms with E-state index in [9.17, 15) is 28.0 Å². The van der Waals surface area contributed by atoms with Gasteiger partial charge in [0.2, 0.25) is 5.91 Å². The van der Waals surface area contributed by atoms with Crippen LogP contribution in [0.2, 0.25) is 0 Å². The molecule has 0 fully saturated rings. The Hall–Kier alpha value is -3.34. The third-order valence-corrected chi connectivity index (χ3v) is 4.30. The fourth-order valence-corrected chi connectivity index (χ4v) is 2.58. The summed E-state index contributed by atoms with van der Waals surface area (Å²) in [5, 5.41) is 11.9. The smallest absolute Gasteiger partial charge is 0.416 e. The minimum absolute atomic E-state index is 0.0359. The molecular weight excluding hydrogens is 425 g/mol. The second kappa shape index (κ2) is 13.2. The van der Waals surface area contributed by atoms with Crippen LogP contribution in [0.1, 0.15) is 44.1 Å². The zero-order chi connectivity index (χ0) is 24.1. The number of unbranched alkanes of at least 4 members (excludes halogenated alkanes) is 1. The van der Waals surface area contributed by atoms with Crippen molar-refractivity contribution in [3.05, 3.63) is 41.2 Å². The highest BCUT2D eigenvalue weighted by molar-refractivity contribution is 5.93. The van der Waals surface area contributed by atoms with Crippen molar-refractivity contribution < 1.29 is 27.5 Å². The molecule has 1 aromatic carbocycles. The van der Waals surface area contributed by atoms with Crippen LogP contribution in [-0.2, 0) is 20.5 Å². The van der Waals surface area contributed by atoms with Crippen LogP contribution < -0.4 is 16.8 Å². The molecule has 0 bridgehead atoms. The summed E-state index contributed by atoms with van der Waals surface area (Å²) >= 11 is 0. The van der Waals surface area contributed by atoms with Gasteiger partial charge < -0.3 is 21.5 Å². The van der Waals surface area contributed by atoms with Crippen LogP contribution in [-0.4, -0.2) is 24.5 Å². The molecule has 10 heteroatoms. The topological polar surface area (TPSA) is 131 Å². The number of hydrogen-bond donors (Lipinski definition) is 3. The maximum Gasteiger partial charge on any atom is 0.416 e. The van der Waals surface area contributed by atoms with Gasteiger partial charge in [0.25, 0.3) is 0 Å². The largest absolute Gasteiger partial charge is 0.429 e. The van der Waals surface area contributed by atoms with Crippen LogP contribution in [0, 0.1) is 23.7 Å². The molecule has 5 N–H and O–H groups in total. The zero-order valence-corrected chi connectivity index (χ0v) is 17.4. The first-order valence-electron chi connectivity index (χ1n) is 9.82. The molecule has 32 heavy (non-hydrogen) atoms.